The van der Waals surface area contributed by atoms with Gasteiger partial charge in [0.05, 0.1) is 10.0 Å². The zero-order chi connectivity index (χ0) is 18.4. The summed E-state index contributed by atoms with van der Waals surface area (Å²) in [5.41, 5.74) is 0.731. The Hall–Kier alpha value is -1.79. The first-order chi connectivity index (χ1) is 11.9. The maximum absolute atomic E-state index is 11.7. The van der Waals surface area contributed by atoms with Crippen molar-refractivity contribution in [3.63, 3.8) is 0 Å². The molecule has 1 aromatic carbocycles. The highest BCUT2D eigenvalue weighted by molar-refractivity contribution is 6.42. The molecule has 1 aliphatic heterocycles. The third-order valence-electron chi connectivity index (χ3n) is 3.62. The van der Waals surface area contributed by atoms with Gasteiger partial charge in [-0.2, -0.15) is 4.99 Å². The van der Waals surface area contributed by atoms with Crippen LogP contribution >= 0.6 is 23.2 Å². The number of nitrogens with zero attached hydrogens (tertiary/aromatic N) is 3. The Labute approximate surface area is 158 Å². The van der Waals surface area contributed by atoms with E-state index in [4.69, 9.17) is 23.2 Å². The van der Waals surface area contributed by atoms with Gasteiger partial charge in [-0.15, -0.1) is 0 Å². The van der Waals surface area contributed by atoms with E-state index >= 15 is 0 Å². The van der Waals surface area contributed by atoms with Crippen molar-refractivity contribution in [2.45, 2.75) is 39.7 Å². The second kappa shape index (κ2) is 9.06. The van der Waals surface area contributed by atoms with Crippen LogP contribution in [0.2, 0.25) is 10.0 Å². The Kier molecular flexibility index (Phi) is 7.08. The minimum absolute atomic E-state index is 0.0742. The molecule has 136 valence electrons. The van der Waals surface area contributed by atoms with E-state index in [1.54, 1.807) is 18.2 Å². The summed E-state index contributed by atoms with van der Waals surface area (Å²) in [4.78, 5) is 22.7. The standard InChI is InChI=1S/C17H23Cl2N5O/c1-4-5-8-20-16(21-12-6-7-13(18)14(19)9-12)23-17-22-15(25)10-24(17)11(2)3/h6-7,9,11H,4-5,8,10H2,1-3H3,(H2,20,21,22,23,25). The molecule has 1 saturated heterocycles. The molecular weight excluding hydrogens is 361 g/mol. The summed E-state index contributed by atoms with van der Waals surface area (Å²) in [5.74, 6) is 0.854. The molecule has 6 nitrogen and oxygen atoms in total. The number of guanidine groups is 2. The van der Waals surface area contributed by atoms with E-state index in [0.29, 0.717) is 35.1 Å². The van der Waals surface area contributed by atoms with Gasteiger partial charge in [-0.25, -0.2) is 0 Å². The van der Waals surface area contributed by atoms with E-state index in [0.717, 1.165) is 18.5 Å². The molecule has 0 unspecified atom stereocenters. The molecule has 1 aliphatic rings. The highest BCUT2D eigenvalue weighted by atomic mass is 35.5. The molecule has 1 heterocycles. The Morgan fingerprint density at radius 1 is 1.36 bits per heavy atom. The fourth-order valence-corrected chi connectivity index (χ4v) is 2.53. The summed E-state index contributed by atoms with van der Waals surface area (Å²) >= 11 is 12.0. The van der Waals surface area contributed by atoms with Crippen molar-refractivity contribution < 1.29 is 4.79 Å². The summed E-state index contributed by atoms with van der Waals surface area (Å²) in [6.07, 6.45) is 1.99. The predicted molar refractivity (Wildman–Crippen MR) is 105 cm³/mol. The maximum Gasteiger partial charge on any atom is 0.246 e. The number of hydrogen-bond acceptors (Lipinski definition) is 2. The van der Waals surface area contributed by atoms with Gasteiger partial charge in [0.2, 0.25) is 17.8 Å². The fraction of sp³-hybridized carbons (Fsp3) is 0.471. The number of rotatable bonds is 5. The number of aliphatic imine (C=N–C) groups is 2. The van der Waals surface area contributed by atoms with Crippen LogP contribution in [0.3, 0.4) is 0 Å². The molecule has 8 heteroatoms. The first-order valence-electron chi connectivity index (χ1n) is 8.32. The minimum atomic E-state index is -0.0742. The van der Waals surface area contributed by atoms with Crippen molar-refractivity contribution in [3.8, 4) is 0 Å². The lowest BCUT2D eigenvalue weighted by molar-refractivity contribution is -0.118. The Balaban J connectivity index is 2.26. The monoisotopic (exact) mass is 383 g/mol. The van der Waals surface area contributed by atoms with E-state index in [1.807, 2.05) is 18.7 Å². The van der Waals surface area contributed by atoms with E-state index in [-0.39, 0.29) is 11.9 Å². The number of hydrogen-bond donors (Lipinski definition) is 2. The lowest BCUT2D eigenvalue weighted by Gasteiger charge is -2.21. The molecule has 2 N–H and O–H groups in total. The SMILES string of the molecule is CCCCN=C(N=C1NC(=O)CN1C(C)C)Nc1ccc(Cl)c(Cl)c1. The van der Waals surface area contributed by atoms with Gasteiger partial charge in [-0.05, 0) is 38.5 Å². The smallest absolute Gasteiger partial charge is 0.246 e. The number of unbranched alkanes of at least 4 members (excludes halogenated alkanes) is 1. The fourth-order valence-electron chi connectivity index (χ4n) is 2.23. The molecule has 0 spiro atoms. The van der Waals surface area contributed by atoms with Crippen molar-refractivity contribution in [2.24, 2.45) is 9.98 Å². The predicted octanol–water partition coefficient (Wildman–Crippen LogP) is 3.76. The van der Waals surface area contributed by atoms with Gasteiger partial charge in [0.25, 0.3) is 0 Å². The van der Waals surface area contributed by atoms with E-state index < -0.39 is 0 Å². The van der Waals surface area contributed by atoms with Gasteiger partial charge < -0.3 is 10.2 Å². The molecule has 0 atom stereocenters. The summed E-state index contributed by atoms with van der Waals surface area (Å²) in [7, 11) is 0. The van der Waals surface area contributed by atoms with Crippen LogP contribution in [0, 0.1) is 0 Å². The molecule has 1 fully saturated rings. The lowest BCUT2D eigenvalue weighted by atomic mass is 10.3. The van der Waals surface area contributed by atoms with E-state index in [1.165, 1.54) is 0 Å². The second-order valence-electron chi connectivity index (χ2n) is 6.02. The largest absolute Gasteiger partial charge is 0.331 e. The third-order valence-corrected chi connectivity index (χ3v) is 4.36. The van der Waals surface area contributed by atoms with Crippen LogP contribution in [0.15, 0.2) is 28.2 Å². The first kappa shape index (κ1) is 19.5. The molecule has 1 amide bonds. The zero-order valence-electron chi connectivity index (χ0n) is 14.6. The summed E-state index contributed by atoms with van der Waals surface area (Å²) in [6, 6.07) is 5.38. The number of benzene rings is 1. The van der Waals surface area contributed by atoms with Crippen molar-refractivity contribution in [2.75, 3.05) is 18.4 Å². The van der Waals surface area contributed by atoms with Gasteiger partial charge in [-0.1, -0.05) is 36.5 Å². The Morgan fingerprint density at radius 2 is 2.12 bits per heavy atom. The third kappa shape index (κ3) is 5.61. The molecular formula is C17H23Cl2N5O. The molecule has 0 saturated carbocycles. The van der Waals surface area contributed by atoms with Crippen LogP contribution in [0.4, 0.5) is 5.69 Å². The van der Waals surface area contributed by atoms with Crippen LogP contribution in [-0.2, 0) is 4.79 Å². The number of amides is 1. The number of halogens is 2. The topological polar surface area (TPSA) is 69.1 Å². The zero-order valence-corrected chi connectivity index (χ0v) is 16.2. The Bertz CT molecular complexity index is 688. The van der Waals surface area contributed by atoms with Crippen LogP contribution < -0.4 is 10.6 Å². The quantitative estimate of drug-likeness (QED) is 0.462. The van der Waals surface area contributed by atoms with Crippen molar-refractivity contribution in [1.82, 2.24) is 10.2 Å². The van der Waals surface area contributed by atoms with Gasteiger partial charge in [0.15, 0.2) is 0 Å². The minimum Gasteiger partial charge on any atom is -0.331 e. The first-order valence-corrected chi connectivity index (χ1v) is 9.08. The van der Waals surface area contributed by atoms with Gasteiger partial charge in [-0.3, -0.25) is 15.1 Å². The molecule has 1 aromatic rings. The molecule has 0 aliphatic carbocycles. The molecule has 25 heavy (non-hydrogen) atoms. The van der Waals surface area contributed by atoms with Gasteiger partial charge >= 0.3 is 0 Å². The average molecular weight is 384 g/mol. The van der Waals surface area contributed by atoms with Gasteiger partial charge in [0, 0.05) is 18.3 Å². The molecule has 0 bridgehead atoms. The van der Waals surface area contributed by atoms with Crippen LogP contribution in [0.1, 0.15) is 33.6 Å². The highest BCUT2D eigenvalue weighted by Crippen LogP contribution is 2.25. The number of anilines is 1. The van der Waals surface area contributed by atoms with Crippen LogP contribution in [-0.4, -0.2) is 41.9 Å². The highest BCUT2D eigenvalue weighted by Gasteiger charge is 2.27. The molecule has 2 rings (SSSR count). The van der Waals surface area contributed by atoms with Crippen LogP contribution in [0.5, 0.6) is 0 Å². The number of carbonyl (C=O) groups excluding carboxylic acids is 1. The normalized spacial score (nSPS) is 16.7. The number of carbonyl (C=O) groups is 1. The second-order valence-corrected chi connectivity index (χ2v) is 6.83. The molecule has 0 radical (unpaired) electrons. The van der Waals surface area contributed by atoms with Crippen molar-refractivity contribution in [3.05, 3.63) is 28.2 Å². The average Bonchev–Trinajstić information content (AvgIpc) is 2.92. The van der Waals surface area contributed by atoms with E-state index in [2.05, 4.69) is 27.5 Å². The summed E-state index contributed by atoms with van der Waals surface area (Å²) in [6.45, 7) is 7.06. The van der Waals surface area contributed by atoms with E-state index in [9.17, 15) is 4.79 Å². The van der Waals surface area contributed by atoms with Crippen molar-refractivity contribution in [1.29, 1.82) is 0 Å². The lowest BCUT2D eigenvalue weighted by Crippen LogP contribution is -2.36. The molecule has 0 aromatic heterocycles. The van der Waals surface area contributed by atoms with Crippen molar-refractivity contribution >= 4 is 46.7 Å². The number of nitrogens with one attached hydrogen (secondary N) is 2. The maximum atomic E-state index is 11.7. The Morgan fingerprint density at radius 3 is 2.76 bits per heavy atom. The van der Waals surface area contributed by atoms with Crippen LogP contribution in [0.25, 0.3) is 0 Å². The summed E-state index contributed by atoms with van der Waals surface area (Å²) in [5, 5.41) is 6.86. The van der Waals surface area contributed by atoms with Gasteiger partial charge in [0.1, 0.15) is 6.54 Å². The summed E-state index contributed by atoms with van der Waals surface area (Å²) < 4.78 is 0.